The van der Waals surface area contributed by atoms with Crippen LogP contribution in [0.3, 0.4) is 0 Å². The Morgan fingerprint density at radius 2 is 1.19 bits per heavy atom. The van der Waals surface area contributed by atoms with Crippen LogP contribution in [-0.2, 0) is 26.7 Å². The molecule has 0 spiro atoms. The van der Waals surface area contributed by atoms with Crippen molar-refractivity contribution in [2.24, 2.45) is 0 Å². The van der Waals surface area contributed by atoms with Gasteiger partial charge in [0.25, 0.3) is 20.2 Å². The Labute approximate surface area is 186 Å². The van der Waals surface area contributed by atoms with Crippen LogP contribution < -0.4 is 0 Å². The molecule has 6 nitrogen and oxygen atoms in total. The van der Waals surface area contributed by atoms with Gasteiger partial charge in [0.05, 0.1) is 0 Å². The zero-order valence-electron chi connectivity index (χ0n) is 18.0. The summed E-state index contributed by atoms with van der Waals surface area (Å²) in [5.74, 6) is 0. The van der Waals surface area contributed by atoms with Crippen LogP contribution in [0.5, 0.6) is 0 Å². The normalized spacial score (nSPS) is 12.2. The van der Waals surface area contributed by atoms with E-state index in [-0.39, 0.29) is 5.56 Å². The van der Waals surface area contributed by atoms with E-state index in [1.165, 1.54) is 50.7 Å². The van der Waals surface area contributed by atoms with Gasteiger partial charge in [-0.2, -0.15) is 16.8 Å². The number of benzene rings is 2. The van der Waals surface area contributed by atoms with E-state index in [1.54, 1.807) is 12.1 Å². The maximum absolute atomic E-state index is 12.0. The molecular weight excluding hydrogens is 436 g/mol. The predicted molar refractivity (Wildman–Crippen MR) is 122 cm³/mol. The molecule has 31 heavy (non-hydrogen) atoms. The van der Waals surface area contributed by atoms with Crippen LogP contribution in [0.2, 0.25) is 0 Å². The SMILES string of the molecule is CCCCCCCCCCCc1ccccc1-c1cccc(S(=O)(=O)O)c1S(=O)(=O)O. The highest BCUT2D eigenvalue weighted by atomic mass is 32.2. The topological polar surface area (TPSA) is 109 Å². The molecular formula is C23H32O6S2. The first kappa shape index (κ1) is 25.5. The highest BCUT2D eigenvalue weighted by molar-refractivity contribution is 7.89. The van der Waals surface area contributed by atoms with Gasteiger partial charge in [0, 0.05) is 5.56 Å². The van der Waals surface area contributed by atoms with Crippen molar-refractivity contribution in [1.82, 2.24) is 0 Å². The summed E-state index contributed by atoms with van der Waals surface area (Å²) in [5.41, 5.74) is 1.45. The van der Waals surface area contributed by atoms with E-state index in [1.807, 2.05) is 12.1 Å². The van der Waals surface area contributed by atoms with E-state index in [0.717, 1.165) is 30.9 Å². The third-order valence-corrected chi connectivity index (χ3v) is 7.35. The zero-order valence-corrected chi connectivity index (χ0v) is 19.6. The van der Waals surface area contributed by atoms with Crippen LogP contribution in [0.15, 0.2) is 52.3 Å². The van der Waals surface area contributed by atoms with Crippen LogP contribution in [-0.4, -0.2) is 25.9 Å². The molecule has 0 heterocycles. The third-order valence-electron chi connectivity index (χ3n) is 5.37. The lowest BCUT2D eigenvalue weighted by Gasteiger charge is -2.14. The monoisotopic (exact) mass is 468 g/mol. The summed E-state index contributed by atoms with van der Waals surface area (Å²) >= 11 is 0. The van der Waals surface area contributed by atoms with Gasteiger partial charge >= 0.3 is 0 Å². The van der Waals surface area contributed by atoms with Crippen molar-refractivity contribution < 1.29 is 25.9 Å². The molecule has 0 bridgehead atoms. The first-order chi connectivity index (χ1) is 14.7. The van der Waals surface area contributed by atoms with E-state index < -0.39 is 30.0 Å². The second-order valence-electron chi connectivity index (χ2n) is 7.82. The molecule has 172 valence electrons. The summed E-state index contributed by atoms with van der Waals surface area (Å²) in [7, 11) is -9.73. The van der Waals surface area contributed by atoms with Gasteiger partial charge in [-0.25, -0.2) is 0 Å². The molecule has 0 atom stereocenters. The minimum absolute atomic E-state index is 0.0594. The van der Waals surface area contributed by atoms with Gasteiger partial charge in [0.15, 0.2) is 0 Å². The first-order valence-corrected chi connectivity index (χ1v) is 13.7. The van der Waals surface area contributed by atoms with E-state index in [0.29, 0.717) is 12.0 Å². The second-order valence-corrected chi connectivity index (χ2v) is 10.6. The summed E-state index contributed by atoms with van der Waals surface area (Å²) in [4.78, 5) is -1.62. The summed E-state index contributed by atoms with van der Waals surface area (Å²) in [6.45, 7) is 2.20. The standard InChI is InChI=1S/C23H32O6S2/c1-2-3-4-5-6-7-8-9-10-14-19-15-11-12-16-20(19)21-17-13-18-22(30(24,25)26)23(21)31(27,28)29/h11-13,15-18H,2-10,14H2,1H3,(H,24,25,26)(H,27,28,29). The molecule has 0 amide bonds. The Bertz CT molecular complexity index is 1060. The predicted octanol–water partition coefficient (Wildman–Crippen LogP) is 5.92. The third kappa shape index (κ3) is 7.71. The van der Waals surface area contributed by atoms with Gasteiger partial charge in [-0.05, 0) is 30.0 Å². The highest BCUT2D eigenvalue weighted by Crippen LogP contribution is 2.35. The van der Waals surface area contributed by atoms with Crippen LogP contribution in [0, 0.1) is 0 Å². The Balaban J connectivity index is 2.18. The summed E-state index contributed by atoms with van der Waals surface area (Å²) in [6.07, 6.45) is 11.4. The second kappa shape index (κ2) is 11.8. The van der Waals surface area contributed by atoms with Crippen molar-refractivity contribution in [3.05, 3.63) is 48.0 Å². The van der Waals surface area contributed by atoms with E-state index >= 15 is 0 Å². The van der Waals surface area contributed by atoms with Crippen molar-refractivity contribution in [1.29, 1.82) is 0 Å². The Kier molecular flexibility index (Phi) is 9.68. The Morgan fingerprint density at radius 3 is 1.77 bits per heavy atom. The molecule has 0 aliphatic rings. The van der Waals surface area contributed by atoms with Gasteiger partial charge in [-0.3, -0.25) is 9.11 Å². The van der Waals surface area contributed by atoms with Crippen molar-refractivity contribution in [2.45, 2.75) is 80.9 Å². The molecule has 2 aromatic rings. The van der Waals surface area contributed by atoms with E-state index in [2.05, 4.69) is 6.92 Å². The highest BCUT2D eigenvalue weighted by Gasteiger charge is 2.28. The molecule has 0 aliphatic carbocycles. The number of hydrogen-bond acceptors (Lipinski definition) is 4. The van der Waals surface area contributed by atoms with E-state index in [4.69, 9.17) is 0 Å². The minimum atomic E-state index is -4.89. The fourth-order valence-corrected chi connectivity index (χ4v) is 5.83. The molecule has 2 aromatic carbocycles. The molecule has 2 rings (SSSR count). The van der Waals surface area contributed by atoms with Gasteiger partial charge in [0.1, 0.15) is 9.79 Å². The molecule has 0 unspecified atom stereocenters. The molecule has 0 saturated carbocycles. The number of aryl methyl sites for hydroxylation is 1. The fourth-order valence-electron chi connectivity index (χ4n) is 3.82. The first-order valence-electron chi connectivity index (χ1n) is 10.8. The Morgan fingerprint density at radius 1 is 0.645 bits per heavy atom. The smallest absolute Gasteiger partial charge is 0.282 e. The van der Waals surface area contributed by atoms with Gasteiger partial charge in [0.2, 0.25) is 0 Å². The lowest BCUT2D eigenvalue weighted by Crippen LogP contribution is -2.10. The zero-order chi connectivity index (χ0) is 22.9. The molecule has 0 saturated heterocycles. The molecule has 0 aromatic heterocycles. The lowest BCUT2D eigenvalue weighted by atomic mass is 9.95. The molecule has 0 fully saturated rings. The maximum atomic E-state index is 12.0. The van der Waals surface area contributed by atoms with E-state index in [9.17, 15) is 25.9 Å². The molecule has 0 radical (unpaired) electrons. The van der Waals surface area contributed by atoms with Gasteiger partial charge in [-0.1, -0.05) is 94.7 Å². The molecule has 8 heteroatoms. The summed E-state index contributed by atoms with van der Waals surface area (Å²) in [6, 6.07) is 10.9. The number of rotatable bonds is 13. The fraction of sp³-hybridized carbons (Fsp3) is 0.478. The maximum Gasteiger partial charge on any atom is 0.296 e. The Hall–Kier alpha value is -1.74. The number of hydrogen-bond donors (Lipinski definition) is 2. The molecule has 2 N–H and O–H groups in total. The van der Waals surface area contributed by atoms with Crippen molar-refractivity contribution in [3.63, 3.8) is 0 Å². The van der Waals surface area contributed by atoms with Gasteiger partial charge in [-0.15, -0.1) is 0 Å². The molecule has 0 aliphatic heterocycles. The van der Waals surface area contributed by atoms with Crippen LogP contribution in [0.25, 0.3) is 11.1 Å². The number of unbranched alkanes of at least 4 members (excludes halogenated alkanes) is 8. The van der Waals surface area contributed by atoms with Crippen LogP contribution >= 0.6 is 0 Å². The average Bonchev–Trinajstić information content (AvgIpc) is 2.71. The average molecular weight is 469 g/mol. The minimum Gasteiger partial charge on any atom is -0.282 e. The van der Waals surface area contributed by atoms with Crippen LogP contribution in [0.1, 0.15) is 70.3 Å². The largest absolute Gasteiger partial charge is 0.296 e. The lowest BCUT2D eigenvalue weighted by molar-refractivity contribution is 0.467. The van der Waals surface area contributed by atoms with Crippen molar-refractivity contribution >= 4 is 20.2 Å². The summed E-state index contributed by atoms with van der Waals surface area (Å²) < 4.78 is 66.6. The van der Waals surface area contributed by atoms with Crippen molar-refractivity contribution in [2.75, 3.05) is 0 Å². The van der Waals surface area contributed by atoms with Crippen molar-refractivity contribution in [3.8, 4) is 11.1 Å². The quantitative estimate of drug-likeness (QED) is 0.279. The summed E-state index contributed by atoms with van der Waals surface area (Å²) in [5, 5.41) is 0. The van der Waals surface area contributed by atoms with Gasteiger partial charge < -0.3 is 0 Å². The van der Waals surface area contributed by atoms with Crippen LogP contribution in [0.4, 0.5) is 0 Å².